The molecule has 2 N–H and O–H groups in total. The number of carboxylic acid groups (broad SMARTS) is 1. The van der Waals surface area contributed by atoms with Crippen molar-refractivity contribution in [2.45, 2.75) is 12.1 Å². The van der Waals surface area contributed by atoms with Crippen LogP contribution in [0, 0.1) is 5.82 Å². The second-order valence-corrected chi connectivity index (χ2v) is 5.75. The molecule has 1 aromatic rings. The number of thioether (sulfide) groups is 1. The van der Waals surface area contributed by atoms with Crippen molar-refractivity contribution in [1.29, 1.82) is 0 Å². The minimum Gasteiger partial charge on any atom is -0.480 e. The van der Waals surface area contributed by atoms with Crippen LogP contribution in [0.2, 0.25) is 0 Å². The average Bonchev–Trinajstić information content (AvgIpc) is 2.33. The number of carboxylic acids is 1. The van der Waals surface area contributed by atoms with Crippen molar-refractivity contribution >= 4 is 33.7 Å². The maximum Gasteiger partial charge on any atom is 0.321 e. The van der Waals surface area contributed by atoms with Crippen molar-refractivity contribution in [2.75, 3.05) is 11.5 Å². The molecule has 0 bridgehead atoms. The summed E-state index contributed by atoms with van der Waals surface area (Å²) < 4.78 is 13.5. The molecule has 0 aromatic heterocycles. The second-order valence-electron chi connectivity index (χ2n) is 3.82. The topological polar surface area (TPSA) is 49.3 Å². The number of benzene rings is 1. The molecule has 1 aliphatic rings. The van der Waals surface area contributed by atoms with E-state index in [2.05, 4.69) is 21.2 Å². The average molecular weight is 320 g/mol. The van der Waals surface area contributed by atoms with Gasteiger partial charge in [-0.1, -0.05) is 6.07 Å². The molecule has 2 unspecified atom stereocenters. The maximum absolute atomic E-state index is 13.1. The summed E-state index contributed by atoms with van der Waals surface area (Å²) in [5.74, 6) is 0.200. The fraction of sp³-hybridized carbons (Fsp3) is 0.364. The quantitative estimate of drug-likeness (QED) is 0.879. The molecule has 3 nitrogen and oxygen atoms in total. The van der Waals surface area contributed by atoms with Crippen molar-refractivity contribution in [3.8, 4) is 0 Å². The third-order valence-electron chi connectivity index (χ3n) is 2.62. The van der Waals surface area contributed by atoms with Gasteiger partial charge in [0.05, 0.1) is 4.47 Å². The molecule has 1 saturated heterocycles. The molecule has 0 saturated carbocycles. The Labute approximate surface area is 111 Å². The first-order chi connectivity index (χ1) is 8.08. The van der Waals surface area contributed by atoms with E-state index in [0.29, 0.717) is 10.2 Å². The first-order valence-electron chi connectivity index (χ1n) is 5.09. The van der Waals surface area contributed by atoms with Gasteiger partial charge in [-0.3, -0.25) is 10.1 Å². The first kappa shape index (κ1) is 12.9. The van der Waals surface area contributed by atoms with Gasteiger partial charge in [-0.05, 0) is 33.6 Å². The maximum atomic E-state index is 13.1. The highest BCUT2D eigenvalue weighted by atomic mass is 79.9. The van der Waals surface area contributed by atoms with Crippen LogP contribution < -0.4 is 5.32 Å². The Balaban J connectivity index is 2.16. The Morgan fingerprint density at radius 3 is 2.94 bits per heavy atom. The number of hydrogen-bond donors (Lipinski definition) is 2. The lowest BCUT2D eigenvalue weighted by Gasteiger charge is -2.28. The van der Waals surface area contributed by atoms with Crippen LogP contribution in [0.25, 0.3) is 0 Å². The van der Waals surface area contributed by atoms with Gasteiger partial charge in [0.15, 0.2) is 0 Å². The van der Waals surface area contributed by atoms with Crippen LogP contribution in [0.3, 0.4) is 0 Å². The molecular formula is C11H11BrFNO2S. The van der Waals surface area contributed by atoms with E-state index < -0.39 is 12.0 Å². The highest BCUT2D eigenvalue weighted by Crippen LogP contribution is 2.27. The predicted molar refractivity (Wildman–Crippen MR) is 68.7 cm³/mol. The normalized spacial score (nSPS) is 24.6. The van der Waals surface area contributed by atoms with Crippen molar-refractivity contribution in [3.05, 3.63) is 34.1 Å². The molecule has 17 heavy (non-hydrogen) atoms. The largest absolute Gasteiger partial charge is 0.480 e. The van der Waals surface area contributed by atoms with Gasteiger partial charge in [0.25, 0.3) is 0 Å². The Bertz CT molecular complexity index is 443. The molecule has 2 atom stereocenters. The second kappa shape index (κ2) is 5.37. The van der Waals surface area contributed by atoms with Gasteiger partial charge in [0.2, 0.25) is 0 Å². The zero-order valence-corrected chi connectivity index (χ0v) is 11.2. The molecule has 2 rings (SSSR count). The Kier molecular flexibility index (Phi) is 4.06. The van der Waals surface area contributed by atoms with Crippen LogP contribution >= 0.6 is 27.7 Å². The summed E-state index contributed by atoms with van der Waals surface area (Å²) in [7, 11) is 0. The lowest BCUT2D eigenvalue weighted by molar-refractivity contribution is -0.139. The molecule has 92 valence electrons. The number of halogens is 2. The number of hydrogen-bond acceptors (Lipinski definition) is 3. The molecule has 1 aliphatic heterocycles. The van der Waals surface area contributed by atoms with Crippen LogP contribution in [0.1, 0.15) is 11.6 Å². The summed E-state index contributed by atoms with van der Waals surface area (Å²) in [5, 5.41) is 12.0. The molecule has 0 amide bonds. The zero-order chi connectivity index (χ0) is 12.4. The Morgan fingerprint density at radius 2 is 2.29 bits per heavy atom. The molecule has 0 spiro atoms. The van der Waals surface area contributed by atoms with Crippen LogP contribution in [0.5, 0.6) is 0 Å². The summed E-state index contributed by atoms with van der Waals surface area (Å²) >= 11 is 4.72. The van der Waals surface area contributed by atoms with E-state index in [1.54, 1.807) is 23.9 Å². The van der Waals surface area contributed by atoms with E-state index in [4.69, 9.17) is 5.11 Å². The lowest BCUT2D eigenvalue weighted by Crippen LogP contribution is -2.45. The number of aliphatic carboxylic acids is 1. The summed E-state index contributed by atoms with van der Waals surface area (Å²) in [6.45, 7) is 0. The van der Waals surface area contributed by atoms with E-state index in [9.17, 15) is 9.18 Å². The third kappa shape index (κ3) is 3.00. The van der Waals surface area contributed by atoms with Crippen LogP contribution in [0.15, 0.2) is 22.7 Å². The van der Waals surface area contributed by atoms with Gasteiger partial charge >= 0.3 is 5.97 Å². The highest BCUT2D eigenvalue weighted by Gasteiger charge is 2.27. The van der Waals surface area contributed by atoms with Crippen molar-refractivity contribution < 1.29 is 14.3 Å². The van der Waals surface area contributed by atoms with Crippen LogP contribution in [-0.2, 0) is 4.79 Å². The summed E-state index contributed by atoms with van der Waals surface area (Å²) in [4.78, 5) is 10.9. The fourth-order valence-corrected chi connectivity index (χ4v) is 3.24. The number of rotatable bonds is 2. The van der Waals surface area contributed by atoms with Gasteiger partial charge < -0.3 is 5.11 Å². The van der Waals surface area contributed by atoms with Crippen LogP contribution in [-0.4, -0.2) is 28.6 Å². The van der Waals surface area contributed by atoms with Gasteiger partial charge in [0.1, 0.15) is 11.9 Å². The summed E-state index contributed by atoms with van der Waals surface area (Å²) in [6, 6.07) is 4.17. The first-order valence-corrected chi connectivity index (χ1v) is 7.04. The van der Waals surface area contributed by atoms with Crippen molar-refractivity contribution in [1.82, 2.24) is 5.32 Å². The van der Waals surface area contributed by atoms with E-state index in [1.807, 2.05) is 0 Å². The minimum atomic E-state index is -0.844. The molecule has 6 heteroatoms. The standard InChI is InChI=1S/C11H11BrFNO2S/c12-7-3-6(1-2-8(7)13)9-4-17-5-10(14-9)11(15)16/h1-3,9-10,14H,4-5H2,(H,15,16). The van der Waals surface area contributed by atoms with E-state index in [0.717, 1.165) is 11.3 Å². The van der Waals surface area contributed by atoms with Gasteiger partial charge in [-0.15, -0.1) is 0 Å². The zero-order valence-electron chi connectivity index (χ0n) is 8.82. The minimum absolute atomic E-state index is 0.0493. The third-order valence-corrected chi connectivity index (χ3v) is 4.36. The van der Waals surface area contributed by atoms with Crippen LogP contribution in [0.4, 0.5) is 4.39 Å². The Hall–Kier alpha value is -0.590. The number of carbonyl (C=O) groups is 1. The fourth-order valence-electron chi connectivity index (χ4n) is 1.71. The molecule has 1 aromatic carbocycles. The monoisotopic (exact) mass is 319 g/mol. The predicted octanol–water partition coefficient (Wildman–Crippen LogP) is 2.42. The SMILES string of the molecule is O=C(O)C1CSCC(c2ccc(F)c(Br)c2)N1. The highest BCUT2D eigenvalue weighted by molar-refractivity contribution is 9.10. The molecule has 0 radical (unpaired) electrons. The van der Waals surface area contributed by atoms with E-state index in [-0.39, 0.29) is 11.9 Å². The van der Waals surface area contributed by atoms with E-state index >= 15 is 0 Å². The molecular weight excluding hydrogens is 309 g/mol. The van der Waals surface area contributed by atoms with Gasteiger partial charge in [0, 0.05) is 17.5 Å². The van der Waals surface area contributed by atoms with E-state index in [1.165, 1.54) is 6.07 Å². The van der Waals surface area contributed by atoms with Gasteiger partial charge in [-0.2, -0.15) is 11.8 Å². The van der Waals surface area contributed by atoms with Gasteiger partial charge in [-0.25, -0.2) is 4.39 Å². The summed E-state index contributed by atoms with van der Waals surface area (Å²) in [6.07, 6.45) is 0. The Morgan fingerprint density at radius 1 is 1.53 bits per heavy atom. The summed E-state index contributed by atoms with van der Waals surface area (Å²) in [5.41, 5.74) is 0.900. The molecule has 0 aliphatic carbocycles. The van der Waals surface area contributed by atoms with Crippen molar-refractivity contribution in [3.63, 3.8) is 0 Å². The molecule has 1 fully saturated rings. The smallest absolute Gasteiger partial charge is 0.321 e. The number of nitrogens with one attached hydrogen (secondary N) is 1. The van der Waals surface area contributed by atoms with Crippen molar-refractivity contribution in [2.24, 2.45) is 0 Å². The molecule has 1 heterocycles. The lowest BCUT2D eigenvalue weighted by atomic mass is 10.1.